The van der Waals surface area contributed by atoms with Crippen LogP contribution in [0.1, 0.15) is 5.56 Å². The van der Waals surface area contributed by atoms with Gasteiger partial charge in [0.15, 0.2) is 0 Å². The maximum Gasteiger partial charge on any atom is 0.0467 e. The molecule has 1 aliphatic carbocycles. The monoisotopic (exact) mass is 750 g/mol. The molecule has 1 N–H and O–H groups in total. The Kier molecular flexibility index (Phi) is 8.34. The van der Waals surface area contributed by atoms with E-state index in [0.29, 0.717) is 0 Å². The van der Waals surface area contributed by atoms with Gasteiger partial charge in [-0.25, -0.2) is 0 Å². The van der Waals surface area contributed by atoms with Gasteiger partial charge in [0.25, 0.3) is 0 Å². The molecule has 0 aromatic heterocycles. The predicted molar refractivity (Wildman–Crippen MR) is 250 cm³/mol. The van der Waals surface area contributed by atoms with E-state index in [4.69, 9.17) is 5.41 Å². The second kappa shape index (κ2) is 14.3. The molecule has 2 nitrogen and oxygen atoms in total. The highest BCUT2D eigenvalue weighted by Gasteiger charge is 2.31. The Bertz CT molecular complexity index is 3110. The van der Waals surface area contributed by atoms with Gasteiger partial charge in [-0.2, -0.15) is 0 Å². The van der Waals surface area contributed by atoms with Gasteiger partial charge >= 0.3 is 0 Å². The Morgan fingerprint density at radius 1 is 0.305 bits per heavy atom. The second-order valence-electron chi connectivity index (χ2n) is 15.2. The Morgan fingerprint density at radius 3 is 1.37 bits per heavy atom. The number of fused-ring (bicyclic) bond motifs is 4. The number of nitrogens with zero attached hydrogens (tertiary/aromatic N) is 1. The minimum absolute atomic E-state index is 0.890. The summed E-state index contributed by atoms with van der Waals surface area (Å²) in [5.74, 6) is 0. The molecule has 59 heavy (non-hydrogen) atoms. The highest BCUT2D eigenvalue weighted by Crippen LogP contribution is 2.58. The molecule has 1 aliphatic rings. The zero-order valence-electron chi connectivity index (χ0n) is 32.3. The number of hydrogen-bond acceptors (Lipinski definition) is 2. The molecular weight excluding hydrogens is 713 g/mol. The molecule has 0 saturated carbocycles. The van der Waals surface area contributed by atoms with Crippen LogP contribution in [0.3, 0.4) is 0 Å². The molecule has 276 valence electrons. The summed E-state index contributed by atoms with van der Waals surface area (Å²) in [6, 6.07) is 78.9. The minimum Gasteiger partial charge on any atom is -0.310 e. The van der Waals surface area contributed by atoms with E-state index in [1.165, 1.54) is 83.4 Å². The average Bonchev–Trinajstić information content (AvgIpc) is 3.64. The van der Waals surface area contributed by atoms with Crippen molar-refractivity contribution >= 4 is 44.8 Å². The van der Waals surface area contributed by atoms with Gasteiger partial charge in [-0.05, 0) is 130 Å². The lowest BCUT2D eigenvalue weighted by molar-refractivity contribution is 1.28. The fourth-order valence-corrected chi connectivity index (χ4v) is 9.29. The van der Waals surface area contributed by atoms with E-state index in [0.717, 1.165) is 33.8 Å². The first-order valence-corrected chi connectivity index (χ1v) is 20.2. The Labute approximate surface area is 344 Å². The number of para-hydroxylation sites is 1. The Hall–Kier alpha value is -7.81. The van der Waals surface area contributed by atoms with Crippen molar-refractivity contribution in [2.75, 3.05) is 4.90 Å². The SMILES string of the molecule is N=Cc1ccc(-c2cccc(N(c3ccccc3)c3cccc(-c4ccc5c6c(cccc46)-c4c-5c(-c5ccccc5)c5ccccc5c4-c4ccccc4)c3)c2)cc1. The van der Waals surface area contributed by atoms with Crippen molar-refractivity contribution < 1.29 is 0 Å². The number of anilines is 3. The first-order valence-electron chi connectivity index (χ1n) is 20.2. The Morgan fingerprint density at radius 2 is 0.763 bits per heavy atom. The topological polar surface area (TPSA) is 27.1 Å². The van der Waals surface area contributed by atoms with Crippen molar-refractivity contribution in [3.8, 4) is 66.8 Å². The zero-order chi connectivity index (χ0) is 39.3. The molecule has 10 aromatic carbocycles. The molecule has 10 aromatic rings. The molecule has 0 saturated heterocycles. The van der Waals surface area contributed by atoms with Gasteiger partial charge in [-0.1, -0.05) is 182 Å². The maximum atomic E-state index is 7.66. The van der Waals surface area contributed by atoms with E-state index in [2.05, 4.69) is 211 Å². The molecule has 0 heterocycles. The van der Waals surface area contributed by atoms with Crippen molar-refractivity contribution in [3.05, 3.63) is 224 Å². The fourth-order valence-electron chi connectivity index (χ4n) is 9.29. The minimum atomic E-state index is 0.890. The van der Waals surface area contributed by atoms with Gasteiger partial charge in [0.05, 0.1) is 0 Å². The lowest BCUT2D eigenvalue weighted by Crippen LogP contribution is -2.10. The molecule has 2 heteroatoms. The normalized spacial score (nSPS) is 11.5. The molecule has 0 fully saturated rings. The highest BCUT2D eigenvalue weighted by molar-refractivity contribution is 6.28. The van der Waals surface area contributed by atoms with E-state index in [9.17, 15) is 0 Å². The van der Waals surface area contributed by atoms with Crippen LogP contribution in [0, 0.1) is 5.41 Å². The summed E-state index contributed by atoms with van der Waals surface area (Å²) in [7, 11) is 0. The van der Waals surface area contributed by atoms with Crippen molar-refractivity contribution in [1.29, 1.82) is 5.41 Å². The fraction of sp³-hybridized carbons (Fsp3) is 0. The zero-order valence-corrected chi connectivity index (χ0v) is 32.3. The summed E-state index contributed by atoms with van der Waals surface area (Å²) < 4.78 is 0. The first kappa shape index (κ1) is 34.4. The third-order valence-corrected chi connectivity index (χ3v) is 11.9. The summed E-state index contributed by atoms with van der Waals surface area (Å²) >= 11 is 0. The van der Waals surface area contributed by atoms with Crippen LogP contribution >= 0.6 is 0 Å². The van der Waals surface area contributed by atoms with E-state index in [1.807, 2.05) is 12.1 Å². The van der Waals surface area contributed by atoms with Crippen molar-refractivity contribution in [3.63, 3.8) is 0 Å². The van der Waals surface area contributed by atoms with Crippen LogP contribution in [0.25, 0.3) is 88.3 Å². The third-order valence-electron chi connectivity index (χ3n) is 11.9. The van der Waals surface area contributed by atoms with Crippen molar-refractivity contribution in [2.45, 2.75) is 0 Å². The molecule has 0 radical (unpaired) electrons. The van der Waals surface area contributed by atoms with Crippen molar-refractivity contribution in [2.24, 2.45) is 0 Å². The van der Waals surface area contributed by atoms with Gasteiger partial charge in [-0.15, -0.1) is 0 Å². The summed E-state index contributed by atoms with van der Waals surface area (Å²) in [5, 5.41) is 12.7. The molecule has 0 amide bonds. The smallest absolute Gasteiger partial charge is 0.0467 e. The van der Waals surface area contributed by atoms with Gasteiger partial charge in [0.2, 0.25) is 0 Å². The van der Waals surface area contributed by atoms with Gasteiger partial charge in [-0.3, -0.25) is 0 Å². The van der Waals surface area contributed by atoms with E-state index in [1.54, 1.807) is 0 Å². The molecule has 0 unspecified atom stereocenters. The maximum absolute atomic E-state index is 7.66. The summed E-state index contributed by atoms with van der Waals surface area (Å²) in [5.41, 5.74) is 19.0. The quantitative estimate of drug-likeness (QED) is 0.154. The number of rotatable bonds is 8. The van der Waals surface area contributed by atoms with Crippen LogP contribution in [-0.4, -0.2) is 6.21 Å². The lowest BCUT2D eigenvalue weighted by atomic mass is 9.82. The van der Waals surface area contributed by atoms with E-state index >= 15 is 0 Å². The molecule has 11 rings (SSSR count). The second-order valence-corrected chi connectivity index (χ2v) is 15.2. The largest absolute Gasteiger partial charge is 0.310 e. The third kappa shape index (κ3) is 5.76. The lowest BCUT2D eigenvalue weighted by Gasteiger charge is -2.26. The first-order chi connectivity index (χ1) is 29.2. The molecule has 0 atom stereocenters. The van der Waals surface area contributed by atoms with Crippen LogP contribution < -0.4 is 4.90 Å². The summed E-state index contributed by atoms with van der Waals surface area (Å²) in [4.78, 5) is 2.35. The standard InChI is InChI=1S/C57H38N2/c58-37-38-29-31-39(32-30-38)42-19-12-23-45(35-42)59(44-21-8-3-9-22-44)46-24-13-20-43(36-46)47-33-34-52-55-48(47)27-14-28-51(55)56-53(40-15-4-1-5-16-40)49-25-10-11-26-50(49)54(57(52)56)41-17-6-2-7-18-41/h1-37,58H. The van der Waals surface area contributed by atoms with Gasteiger partial charge in [0.1, 0.15) is 0 Å². The predicted octanol–water partition coefficient (Wildman–Crippen LogP) is 15.8. The number of hydrogen-bond donors (Lipinski definition) is 1. The Balaban J connectivity index is 1.11. The van der Waals surface area contributed by atoms with Gasteiger partial charge in [0, 0.05) is 23.3 Å². The number of benzene rings is 10. The summed E-state index contributed by atoms with van der Waals surface area (Å²) in [6.07, 6.45) is 1.39. The highest BCUT2D eigenvalue weighted by atomic mass is 15.1. The van der Waals surface area contributed by atoms with Crippen LogP contribution in [0.15, 0.2) is 218 Å². The molecule has 0 bridgehead atoms. The molecular formula is C57H38N2. The van der Waals surface area contributed by atoms with Gasteiger partial charge < -0.3 is 10.3 Å². The van der Waals surface area contributed by atoms with Crippen LogP contribution in [0.5, 0.6) is 0 Å². The van der Waals surface area contributed by atoms with Crippen LogP contribution in [0.4, 0.5) is 17.1 Å². The van der Waals surface area contributed by atoms with Crippen LogP contribution in [-0.2, 0) is 0 Å². The van der Waals surface area contributed by atoms with E-state index in [-0.39, 0.29) is 0 Å². The number of nitrogens with one attached hydrogen (secondary N) is 1. The molecule has 0 aliphatic heterocycles. The summed E-state index contributed by atoms with van der Waals surface area (Å²) in [6.45, 7) is 0. The molecule has 0 spiro atoms. The average molecular weight is 751 g/mol. The van der Waals surface area contributed by atoms with Crippen molar-refractivity contribution in [1.82, 2.24) is 0 Å². The van der Waals surface area contributed by atoms with E-state index < -0.39 is 0 Å². The van der Waals surface area contributed by atoms with Crippen LogP contribution in [0.2, 0.25) is 0 Å².